The minimum Gasteiger partial charge on any atom is -0.328 e. The average Bonchev–Trinajstić information content (AvgIpc) is 2.92. The summed E-state index contributed by atoms with van der Waals surface area (Å²) in [4.78, 5) is 4.79. The molecule has 3 rings (SSSR count). The van der Waals surface area contributed by atoms with Gasteiger partial charge >= 0.3 is 0 Å². The molecule has 0 amide bonds. The normalized spacial score (nSPS) is 23.9. The maximum Gasteiger partial charge on any atom is 0.110 e. The number of halogens is 1. The van der Waals surface area contributed by atoms with E-state index in [1.54, 1.807) is 0 Å². The molecule has 3 heteroatoms. The number of benzene rings is 1. The number of fused-ring (bicyclic) bond motifs is 1. The van der Waals surface area contributed by atoms with Gasteiger partial charge in [0.25, 0.3) is 0 Å². The van der Waals surface area contributed by atoms with Crippen LogP contribution in [0.3, 0.4) is 0 Å². The lowest BCUT2D eigenvalue weighted by atomic mass is 10.0. The fourth-order valence-electron chi connectivity index (χ4n) is 3.09. The van der Waals surface area contributed by atoms with E-state index in [4.69, 9.17) is 16.6 Å². The third-order valence-corrected chi connectivity index (χ3v) is 4.39. The van der Waals surface area contributed by atoms with E-state index in [0.29, 0.717) is 5.38 Å². The molecule has 2 nitrogen and oxygen atoms in total. The van der Waals surface area contributed by atoms with E-state index < -0.39 is 0 Å². The Hall–Kier alpha value is -1.02. The van der Waals surface area contributed by atoms with Gasteiger partial charge in [0.2, 0.25) is 0 Å². The monoisotopic (exact) mass is 262 g/mol. The first kappa shape index (κ1) is 12.0. The molecule has 0 N–H and O–H groups in total. The van der Waals surface area contributed by atoms with Gasteiger partial charge in [-0.15, -0.1) is 11.6 Å². The number of imidazole rings is 1. The number of hydrogen-bond donors (Lipinski definition) is 0. The molecule has 2 unspecified atom stereocenters. The van der Waals surface area contributed by atoms with Crippen molar-refractivity contribution in [3.05, 3.63) is 30.1 Å². The fraction of sp³-hybridized carbons (Fsp3) is 0.533. The van der Waals surface area contributed by atoms with Crippen LogP contribution in [0.4, 0.5) is 0 Å². The van der Waals surface area contributed by atoms with Gasteiger partial charge in [0, 0.05) is 18.3 Å². The van der Waals surface area contributed by atoms with E-state index in [0.717, 1.165) is 30.8 Å². The molecule has 1 fully saturated rings. The Morgan fingerprint density at radius 3 is 2.89 bits per heavy atom. The van der Waals surface area contributed by atoms with Gasteiger partial charge in [-0.05, 0) is 44.2 Å². The predicted molar refractivity (Wildman–Crippen MR) is 76.1 cm³/mol. The first-order valence-corrected chi connectivity index (χ1v) is 7.29. The SMILES string of the molecule is CCn1c(CC2CCC(Cl)C2)nc2ccccc21. The largest absolute Gasteiger partial charge is 0.328 e. The first-order chi connectivity index (χ1) is 8.78. The van der Waals surface area contributed by atoms with E-state index in [1.807, 2.05) is 0 Å². The number of aromatic nitrogens is 2. The Morgan fingerprint density at radius 2 is 2.17 bits per heavy atom. The molecule has 1 aliphatic carbocycles. The second-order valence-corrected chi connectivity index (χ2v) is 5.86. The smallest absolute Gasteiger partial charge is 0.110 e. The summed E-state index contributed by atoms with van der Waals surface area (Å²) in [6, 6.07) is 8.41. The van der Waals surface area contributed by atoms with Crippen LogP contribution in [-0.4, -0.2) is 14.9 Å². The number of aryl methyl sites for hydroxylation is 1. The van der Waals surface area contributed by atoms with Crippen molar-refractivity contribution < 1.29 is 0 Å². The second-order valence-electron chi connectivity index (χ2n) is 5.24. The molecule has 0 bridgehead atoms. The maximum atomic E-state index is 6.20. The minimum absolute atomic E-state index is 0.384. The van der Waals surface area contributed by atoms with Crippen LogP contribution in [0, 0.1) is 5.92 Å². The molecule has 1 saturated carbocycles. The van der Waals surface area contributed by atoms with Crippen LogP contribution in [0.25, 0.3) is 11.0 Å². The molecule has 2 aromatic rings. The Kier molecular flexibility index (Phi) is 3.29. The molecule has 96 valence electrons. The van der Waals surface area contributed by atoms with Crippen molar-refractivity contribution in [3.63, 3.8) is 0 Å². The van der Waals surface area contributed by atoms with Crippen molar-refractivity contribution in [3.8, 4) is 0 Å². The zero-order valence-electron chi connectivity index (χ0n) is 10.8. The van der Waals surface area contributed by atoms with Crippen LogP contribution in [0.15, 0.2) is 24.3 Å². The molecule has 0 radical (unpaired) electrons. The topological polar surface area (TPSA) is 17.8 Å². The molecule has 2 atom stereocenters. The van der Waals surface area contributed by atoms with E-state index in [1.165, 1.54) is 24.2 Å². The fourth-order valence-corrected chi connectivity index (χ4v) is 3.47. The maximum absolute atomic E-state index is 6.20. The van der Waals surface area contributed by atoms with Crippen molar-refractivity contribution in [1.82, 2.24) is 9.55 Å². The Balaban J connectivity index is 1.91. The number of hydrogen-bond acceptors (Lipinski definition) is 1. The molecule has 18 heavy (non-hydrogen) atoms. The van der Waals surface area contributed by atoms with Gasteiger partial charge in [-0.2, -0.15) is 0 Å². The van der Waals surface area contributed by atoms with Crippen molar-refractivity contribution in [2.75, 3.05) is 0 Å². The van der Waals surface area contributed by atoms with Gasteiger partial charge in [0.1, 0.15) is 5.82 Å². The predicted octanol–water partition coefficient (Wildman–Crippen LogP) is 4.01. The number of nitrogens with zero attached hydrogens (tertiary/aromatic N) is 2. The van der Waals surface area contributed by atoms with Crippen LogP contribution in [-0.2, 0) is 13.0 Å². The third kappa shape index (κ3) is 2.14. The minimum atomic E-state index is 0.384. The number of alkyl halides is 1. The summed E-state index contributed by atoms with van der Waals surface area (Å²) >= 11 is 6.20. The van der Waals surface area contributed by atoms with Gasteiger partial charge in [-0.3, -0.25) is 0 Å². The highest BCUT2D eigenvalue weighted by Crippen LogP contribution is 2.32. The number of para-hydroxylation sites is 2. The van der Waals surface area contributed by atoms with Crippen molar-refractivity contribution in [2.45, 2.75) is 44.5 Å². The lowest BCUT2D eigenvalue weighted by Gasteiger charge is -2.10. The molecule has 1 aliphatic rings. The van der Waals surface area contributed by atoms with Crippen LogP contribution in [0.5, 0.6) is 0 Å². The van der Waals surface area contributed by atoms with Crippen LogP contribution < -0.4 is 0 Å². The lowest BCUT2D eigenvalue weighted by Crippen LogP contribution is -2.08. The quantitative estimate of drug-likeness (QED) is 0.765. The van der Waals surface area contributed by atoms with E-state index in [9.17, 15) is 0 Å². The highest BCUT2D eigenvalue weighted by Gasteiger charge is 2.24. The highest BCUT2D eigenvalue weighted by atomic mass is 35.5. The van der Waals surface area contributed by atoms with E-state index in [-0.39, 0.29) is 0 Å². The van der Waals surface area contributed by atoms with E-state index >= 15 is 0 Å². The molecule has 1 aromatic carbocycles. The Labute approximate surface area is 113 Å². The zero-order valence-corrected chi connectivity index (χ0v) is 11.5. The third-order valence-electron chi connectivity index (χ3n) is 4.00. The standard InChI is InChI=1S/C15H19ClN2/c1-2-18-14-6-4-3-5-13(14)17-15(18)10-11-7-8-12(16)9-11/h3-6,11-12H,2,7-10H2,1H3. The summed E-state index contributed by atoms with van der Waals surface area (Å²) in [5.41, 5.74) is 2.38. The summed E-state index contributed by atoms with van der Waals surface area (Å²) in [5.74, 6) is 1.95. The van der Waals surface area contributed by atoms with Crippen molar-refractivity contribution in [2.24, 2.45) is 5.92 Å². The van der Waals surface area contributed by atoms with Crippen molar-refractivity contribution >= 4 is 22.6 Å². The van der Waals surface area contributed by atoms with E-state index in [2.05, 4.69) is 35.8 Å². The van der Waals surface area contributed by atoms with Crippen molar-refractivity contribution in [1.29, 1.82) is 0 Å². The molecular weight excluding hydrogens is 244 g/mol. The summed E-state index contributed by atoms with van der Waals surface area (Å²) in [6.07, 6.45) is 4.64. The molecule has 1 heterocycles. The van der Waals surface area contributed by atoms with Gasteiger partial charge in [0.05, 0.1) is 11.0 Å². The highest BCUT2D eigenvalue weighted by molar-refractivity contribution is 6.20. The molecule has 0 aliphatic heterocycles. The lowest BCUT2D eigenvalue weighted by molar-refractivity contribution is 0.516. The molecule has 0 saturated heterocycles. The van der Waals surface area contributed by atoms with Crippen LogP contribution in [0.1, 0.15) is 32.0 Å². The average molecular weight is 263 g/mol. The Morgan fingerprint density at radius 1 is 1.33 bits per heavy atom. The summed E-state index contributed by atoms with van der Waals surface area (Å²) in [5, 5.41) is 0.384. The van der Waals surface area contributed by atoms with Gasteiger partial charge < -0.3 is 4.57 Å². The molecule has 0 spiro atoms. The molecule has 1 aromatic heterocycles. The summed E-state index contributed by atoms with van der Waals surface area (Å²) in [6.45, 7) is 3.18. The molecular formula is C15H19ClN2. The first-order valence-electron chi connectivity index (χ1n) is 6.86. The second kappa shape index (κ2) is 4.93. The Bertz CT molecular complexity index is 546. The summed E-state index contributed by atoms with van der Waals surface area (Å²) in [7, 11) is 0. The van der Waals surface area contributed by atoms with Crippen LogP contribution >= 0.6 is 11.6 Å². The van der Waals surface area contributed by atoms with Crippen LogP contribution in [0.2, 0.25) is 0 Å². The number of rotatable bonds is 3. The zero-order chi connectivity index (χ0) is 12.5. The van der Waals surface area contributed by atoms with Gasteiger partial charge in [-0.1, -0.05) is 12.1 Å². The van der Waals surface area contributed by atoms with Gasteiger partial charge in [0.15, 0.2) is 0 Å². The van der Waals surface area contributed by atoms with Gasteiger partial charge in [-0.25, -0.2) is 4.98 Å². The summed E-state index contributed by atoms with van der Waals surface area (Å²) < 4.78 is 2.34.